The first-order valence-corrected chi connectivity index (χ1v) is 7.23. The summed E-state index contributed by atoms with van der Waals surface area (Å²) in [5.41, 5.74) is 2.05. The summed E-state index contributed by atoms with van der Waals surface area (Å²) in [6.45, 7) is 2.10. The summed E-state index contributed by atoms with van der Waals surface area (Å²) in [5, 5.41) is 13.1. The minimum atomic E-state index is -0.407. The number of halogens is 2. The molecule has 0 fully saturated rings. The van der Waals surface area contributed by atoms with Crippen molar-refractivity contribution in [3.8, 4) is 6.07 Å². The van der Waals surface area contributed by atoms with E-state index in [4.69, 9.17) is 16.9 Å². The molecule has 0 saturated carbocycles. The molecule has 4 heteroatoms. The van der Waals surface area contributed by atoms with Gasteiger partial charge in [0.25, 0.3) is 0 Å². The Bertz CT molecular complexity index is 647. The Morgan fingerprint density at radius 1 is 1.24 bits per heavy atom. The summed E-state index contributed by atoms with van der Waals surface area (Å²) in [7, 11) is 0. The molecule has 1 unspecified atom stereocenters. The van der Waals surface area contributed by atoms with E-state index in [0.717, 1.165) is 18.4 Å². The number of hydrogen-bond donors (Lipinski definition) is 1. The van der Waals surface area contributed by atoms with Crippen LogP contribution in [0, 0.1) is 17.1 Å². The van der Waals surface area contributed by atoms with Crippen LogP contribution >= 0.6 is 11.6 Å². The highest BCUT2D eigenvalue weighted by atomic mass is 35.5. The van der Waals surface area contributed by atoms with Crippen LogP contribution < -0.4 is 5.32 Å². The number of anilines is 1. The van der Waals surface area contributed by atoms with Crippen molar-refractivity contribution in [2.24, 2.45) is 0 Å². The SMILES string of the molecule is CCCC(Nc1ccc(F)cc1C#N)c1ccc(Cl)cc1. The van der Waals surface area contributed by atoms with Crippen molar-refractivity contribution in [3.05, 3.63) is 64.4 Å². The van der Waals surface area contributed by atoms with E-state index >= 15 is 0 Å². The molecule has 2 rings (SSSR count). The topological polar surface area (TPSA) is 35.8 Å². The van der Waals surface area contributed by atoms with Crippen LogP contribution in [-0.2, 0) is 0 Å². The second-order valence-electron chi connectivity index (χ2n) is 4.84. The lowest BCUT2D eigenvalue weighted by Crippen LogP contribution is -2.11. The largest absolute Gasteiger partial charge is 0.377 e. The molecule has 1 atom stereocenters. The Kier molecular flexibility index (Phi) is 5.19. The first-order valence-electron chi connectivity index (χ1n) is 6.85. The summed E-state index contributed by atoms with van der Waals surface area (Å²) in [5.74, 6) is -0.407. The lowest BCUT2D eigenvalue weighted by molar-refractivity contribution is 0.626. The minimum absolute atomic E-state index is 0.0600. The molecular formula is C17H16ClFN2. The molecule has 1 N–H and O–H groups in total. The summed E-state index contributed by atoms with van der Waals surface area (Å²) in [4.78, 5) is 0. The molecule has 108 valence electrons. The predicted molar refractivity (Wildman–Crippen MR) is 83.8 cm³/mol. The maximum atomic E-state index is 13.2. The van der Waals surface area contributed by atoms with Crippen molar-refractivity contribution in [1.82, 2.24) is 0 Å². The van der Waals surface area contributed by atoms with E-state index in [0.29, 0.717) is 16.3 Å². The van der Waals surface area contributed by atoms with Crippen molar-refractivity contribution in [2.75, 3.05) is 5.32 Å². The Labute approximate surface area is 129 Å². The van der Waals surface area contributed by atoms with Crippen LogP contribution in [0.2, 0.25) is 5.02 Å². The average molecular weight is 303 g/mol. The molecule has 0 heterocycles. The van der Waals surface area contributed by atoms with Crippen molar-refractivity contribution >= 4 is 17.3 Å². The molecule has 2 nitrogen and oxygen atoms in total. The van der Waals surface area contributed by atoms with Gasteiger partial charge in [0.2, 0.25) is 0 Å². The zero-order valence-electron chi connectivity index (χ0n) is 11.7. The van der Waals surface area contributed by atoms with E-state index in [1.807, 2.05) is 30.3 Å². The Morgan fingerprint density at radius 2 is 1.95 bits per heavy atom. The second kappa shape index (κ2) is 7.10. The van der Waals surface area contributed by atoms with E-state index in [-0.39, 0.29) is 6.04 Å². The molecule has 21 heavy (non-hydrogen) atoms. The number of nitrogens with one attached hydrogen (secondary N) is 1. The normalized spacial score (nSPS) is 11.7. The van der Waals surface area contributed by atoms with Gasteiger partial charge in [0, 0.05) is 5.02 Å². The van der Waals surface area contributed by atoms with Gasteiger partial charge in [-0.2, -0.15) is 5.26 Å². The van der Waals surface area contributed by atoms with Gasteiger partial charge in [-0.25, -0.2) is 4.39 Å². The predicted octanol–water partition coefficient (Wildman–Crippen LogP) is 5.30. The van der Waals surface area contributed by atoms with E-state index in [9.17, 15) is 4.39 Å². The van der Waals surface area contributed by atoms with Crippen molar-refractivity contribution in [1.29, 1.82) is 5.26 Å². The van der Waals surface area contributed by atoms with Gasteiger partial charge in [0.05, 0.1) is 17.3 Å². The fourth-order valence-corrected chi connectivity index (χ4v) is 2.35. The fourth-order valence-electron chi connectivity index (χ4n) is 2.23. The molecule has 0 spiro atoms. The quantitative estimate of drug-likeness (QED) is 0.813. The van der Waals surface area contributed by atoms with E-state index in [1.165, 1.54) is 12.1 Å². The zero-order valence-corrected chi connectivity index (χ0v) is 12.5. The molecule has 0 aliphatic rings. The number of hydrogen-bond acceptors (Lipinski definition) is 2. The molecule has 0 aliphatic carbocycles. The zero-order chi connectivity index (χ0) is 15.2. The summed E-state index contributed by atoms with van der Waals surface area (Å²) >= 11 is 5.91. The molecule has 0 amide bonds. The van der Waals surface area contributed by atoms with Gasteiger partial charge in [0.1, 0.15) is 11.9 Å². The van der Waals surface area contributed by atoms with Crippen molar-refractivity contribution < 1.29 is 4.39 Å². The average Bonchev–Trinajstić information content (AvgIpc) is 2.49. The maximum Gasteiger partial charge on any atom is 0.124 e. The maximum absolute atomic E-state index is 13.2. The lowest BCUT2D eigenvalue weighted by atomic mass is 10.0. The monoisotopic (exact) mass is 302 g/mol. The molecule has 0 saturated heterocycles. The highest BCUT2D eigenvalue weighted by molar-refractivity contribution is 6.30. The first kappa shape index (κ1) is 15.3. The van der Waals surface area contributed by atoms with Gasteiger partial charge < -0.3 is 5.32 Å². The van der Waals surface area contributed by atoms with Crippen LogP contribution in [0.5, 0.6) is 0 Å². The highest BCUT2D eigenvalue weighted by Crippen LogP contribution is 2.27. The standard InChI is InChI=1S/C17H16ClFN2/c1-2-3-16(12-4-6-14(18)7-5-12)21-17-9-8-15(19)10-13(17)11-20/h4-10,16,21H,2-3H2,1H3. The van der Waals surface area contributed by atoms with Gasteiger partial charge in [-0.3, -0.25) is 0 Å². The third-order valence-electron chi connectivity index (χ3n) is 3.28. The number of nitrogens with zero attached hydrogens (tertiary/aromatic N) is 1. The van der Waals surface area contributed by atoms with Crippen LogP contribution in [0.4, 0.5) is 10.1 Å². The number of nitriles is 1. The fraction of sp³-hybridized carbons (Fsp3) is 0.235. The van der Waals surface area contributed by atoms with Gasteiger partial charge in [-0.05, 0) is 42.3 Å². The van der Waals surface area contributed by atoms with Gasteiger partial charge in [0.15, 0.2) is 0 Å². The van der Waals surface area contributed by atoms with E-state index in [2.05, 4.69) is 12.2 Å². The third kappa shape index (κ3) is 3.96. The smallest absolute Gasteiger partial charge is 0.124 e. The minimum Gasteiger partial charge on any atom is -0.377 e. The summed E-state index contributed by atoms with van der Waals surface area (Å²) < 4.78 is 13.2. The lowest BCUT2D eigenvalue weighted by Gasteiger charge is -2.20. The Morgan fingerprint density at radius 3 is 2.57 bits per heavy atom. The highest BCUT2D eigenvalue weighted by Gasteiger charge is 2.13. The summed E-state index contributed by atoms with van der Waals surface area (Å²) in [6.07, 6.45) is 1.90. The molecule has 0 radical (unpaired) electrons. The Balaban J connectivity index is 2.28. The Hall–Kier alpha value is -2.05. The number of rotatable bonds is 5. The van der Waals surface area contributed by atoms with Gasteiger partial charge in [-0.15, -0.1) is 0 Å². The molecule has 2 aromatic rings. The van der Waals surface area contributed by atoms with Gasteiger partial charge >= 0.3 is 0 Å². The summed E-state index contributed by atoms with van der Waals surface area (Å²) in [6, 6.07) is 13.9. The van der Waals surface area contributed by atoms with Crippen LogP contribution in [-0.4, -0.2) is 0 Å². The van der Waals surface area contributed by atoms with Crippen LogP contribution in [0.25, 0.3) is 0 Å². The molecule has 2 aromatic carbocycles. The third-order valence-corrected chi connectivity index (χ3v) is 3.53. The van der Waals surface area contributed by atoms with E-state index < -0.39 is 5.82 Å². The molecular weight excluding hydrogens is 287 g/mol. The van der Waals surface area contributed by atoms with E-state index in [1.54, 1.807) is 6.07 Å². The number of benzene rings is 2. The van der Waals surface area contributed by atoms with Crippen molar-refractivity contribution in [2.45, 2.75) is 25.8 Å². The molecule has 0 aromatic heterocycles. The molecule has 0 aliphatic heterocycles. The van der Waals surface area contributed by atoms with Crippen molar-refractivity contribution in [3.63, 3.8) is 0 Å². The molecule has 0 bridgehead atoms. The second-order valence-corrected chi connectivity index (χ2v) is 5.28. The van der Waals surface area contributed by atoms with Crippen LogP contribution in [0.15, 0.2) is 42.5 Å². The first-order chi connectivity index (χ1) is 10.1. The van der Waals surface area contributed by atoms with Crippen LogP contribution in [0.3, 0.4) is 0 Å². The van der Waals surface area contributed by atoms with Gasteiger partial charge in [-0.1, -0.05) is 37.1 Å². The van der Waals surface area contributed by atoms with Crippen LogP contribution in [0.1, 0.15) is 36.9 Å².